The van der Waals surface area contributed by atoms with Crippen molar-refractivity contribution < 1.29 is 22.7 Å². The van der Waals surface area contributed by atoms with Crippen LogP contribution in [0.2, 0.25) is 0 Å². The quantitative estimate of drug-likeness (QED) is 0.900. The first-order chi connectivity index (χ1) is 11.3. The van der Waals surface area contributed by atoms with Crippen molar-refractivity contribution in [3.8, 4) is 5.75 Å². The van der Waals surface area contributed by atoms with E-state index >= 15 is 0 Å². The Morgan fingerprint density at radius 1 is 1.25 bits per heavy atom. The van der Waals surface area contributed by atoms with E-state index in [4.69, 9.17) is 4.74 Å². The van der Waals surface area contributed by atoms with Gasteiger partial charge < -0.3 is 15.4 Å². The molecule has 0 saturated heterocycles. The van der Waals surface area contributed by atoms with Crippen LogP contribution in [0.4, 0.5) is 24.7 Å². The second-order valence-corrected chi connectivity index (χ2v) is 5.26. The first-order valence-electron chi connectivity index (χ1n) is 7.07. The van der Waals surface area contributed by atoms with Crippen molar-refractivity contribution in [3.63, 3.8) is 0 Å². The average Bonchev–Trinajstić information content (AvgIpc) is 2.53. The highest BCUT2D eigenvalue weighted by atomic mass is 19.4. The standard InChI is InChI=1S/C15H13F3N4O2/c1-8(19-13-5-4-12(21-22-13)15(16,17)18)9-2-3-11-10(6-9)20-14(23)7-24-11/h2-6,8H,7H2,1H3,(H,19,22)(H,20,23). The molecule has 1 aromatic carbocycles. The van der Waals surface area contributed by atoms with Gasteiger partial charge in [0.05, 0.1) is 11.7 Å². The molecule has 126 valence electrons. The van der Waals surface area contributed by atoms with E-state index in [2.05, 4.69) is 20.8 Å². The van der Waals surface area contributed by atoms with Gasteiger partial charge >= 0.3 is 6.18 Å². The van der Waals surface area contributed by atoms with Gasteiger partial charge in [-0.1, -0.05) is 6.07 Å². The van der Waals surface area contributed by atoms with Gasteiger partial charge in [0.1, 0.15) is 11.6 Å². The van der Waals surface area contributed by atoms with Crippen LogP contribution in [0.25, 0.3) is 0 Å². The van der Waals surface area contributed by atoms with E-state index in [0.29, 0.717) is 11.4 Å². The molecular formula is C15H13F3N4O2. The third-order valence-electron chi connectivity index (χ3n) is 3.46. The third-order valence-corrected chi connectivity index (χ3v) is 3.46. The van der Waals surface area contributed by atoms with E-state index in [1.54, 1.807) is 18.2 Å². The minimum Gasteiger partial charge on any atom is -0.482 e. The van der Waals surface area contributed by atoms with E-state index in [1.807, 2.05) is 6.92 Å². The van der Waals surface area contributed by atoms with Gasteiger partial charge in [0.15, 0.2) is 12.3 Å². The molecule has 0 fully saturated rings. The first kappa shape index (κ1) is 16.0. The summed E-state index contributed by atoms with van der Waals surface area (Å²) in [6.07, 6.45) is -4.52. The summed E-state index contributed by atoms with van der Waals surface area (Å²) in [7, 11) is 0. The highest BCUT2D eigenvalue weighted by Crippen LogP contribution is 2.31. The maximum absolute atomic E-state index is 12.5. The monoisotopic (exact) mass is 338 g/mol. The van der Waals surface area contributed by atoms with E-state index in [1.165, 1.54) is 6.07 Å². The molecule has 2 heterocycles. The van der Waals surface area contributed by atoms with Gasteiger partial charge in [-0.3, -0.25) is 4.79 Å². The minimum absolute atomic E-state index is 0.0265. The van der Waals surface area contributed by atoms with Crippen LogP contribution in [0.3, 0.4) is 0 Å². The Morgan fingerprint density at radius 2 is 2.04 bits per heavy atom. The highest BCUT2D eigenvalue weighted by Gasteiger charge is 2.32. The number of benzene rings is 1. The molecule has 0 radical (unpaired) electrons. The van der Waals surface area contributed by atoms with Gasteiger partial charge in [0.25, 0.3) is 5.91 Å². The fourth-order valence-electron chi connectivity index (χ4n) is 2.24. The van der Waals surface area contributed by atoms with Crippen molar-refractivity contribution in [1.29, 1.82) is 0 Å². The number of carbonyl (C=O) groups is 1. The molecule has 1 aromatic heterocycles. The molecule has 0 saturated carbocycles. The summed E-state index contributed by atoms with van der Waals surface area (Å²) in [6.45, 7) is 1.79. The van der Waals surface area contributed by atoms with E-state index in [0.717, 1.165) is 11.6 Å². The summed E-state index contributed by atoms with van der Waals surface area (Å²) in [5.74, 6) is 0.544. The molecule has 1 atom stereocenters. The summed E-state index contributed by atoms with van der Waals surface area (Å²) < 4.78 is 42.7. The fraction of sp³-hybridized carbons (Fsp3) is 0.267. The molecule has 1 amide bonds. The van der Waals surface area contributed by atoms with Crippen LogP contribution in [-0.2, 0) is 11.0 Å². The topological polar surface area (TPSA) is 76.1 Å². The Hall–Kier alpha value is -2.84. The number of aromatic nitrogens is 2. The number of halogens is 3. The van der Waals surface area contributed by atoms with Crippen molar-refractivity contribution in [2.45, 2.75) is 19.1 Å². The predicted octanol–water partition coefficient (Wildman–Crippen LogP) is 3.00. The fourth-order valence-corrected chi connectivity index (χ4v) is 2.24. The summed E-state index contributed by atoms with van der Waals surface area (Å²) in [5.41, 5.74) is 0.312. The van der Waals surface area contributed by atoms with Crippen LogP contribution in [0, 0.1) is 0 Å². The Bertz CT molecular complexity index is 762. The number of hydrogen-bond donors (Lipinski definition) is 2. The molecule has 24 heavy (non-hydrogen) atoms. The molecule has 3 rings (SSSR count). The SMILES string of the molecule is CC(Nc1ccc(C(F)(F)F)nn1)c1ccc2c(c1)NC(=O)CO2. The molecule has 2 N–H and O–H groups in total. The molecule has 1 aliphatic rings. The van der Waals surface area contributed by atoms with Gasteiger partial charge in [0, 0.05) is 0 Å². The summed E-state index contributed by atoms with van der Waals surface area (Å²) >= 11 is 0. The molecule has 2 aromatic rings. The van der Waals surface area contributed by atoms with Crippen LogP contribution < -0.4 is 15.4 Å². The minimum atomic E-state index is -4.52. The van der Waals surface area contributed by atoms with E-state index in [-0.39, 0.29) is 24.4 Å². The van der Waals surface area contributed by atoms with Crippen LogP contribution in [-0.4, -0.2) is 22.7 Å². The lowest BCUT2D eigenvalue weighted by atomic mass is 10.1. The number of nitrogens with one attached hydrogen (secondary N) is 2. The Kier molecular flexibility index (Phi) is 4.00. The number of anilines is 2. The zero-order valence-corrected chi connectivity index (χ0v) is 12.5. The zero-order chi connectivity index (χ0) is 17.3. The Morgan fingerprint density at radius 3 is 2.71 bits per heavy atom. The zero-order valence-electron chi connectivity index (χ0n) is 12.5. The largest absolute Gasteiger partial charge is 0.482 e. The van der Waals surface area contributed by atoms with Crippen LogP contribution in [0.5, 0.6) is 5.75 Å². The number of alkyl halides is 3. The second kappa shape index (κ2) is 5.99. The Balaban J connectivity index is 1.74. The maximum Gasteiger partial charge on any atom is 0.435 e. The predicted molar refractivity (Wildman–Crippen MR) is 79.6 cm³/mol. The van der Waals surface area contributed by atoms with E-state index < -0.39 is 11.9 Å². The van der Waals surface area contributed by atoms with Gasteiger partial charge in [0.2, 0.25) is 0 Å². The number of nitrogens with zero attached hydrogens (tertiary/aromatic N) is 2. The third kappa shape index (κ3) is 3.39. The van der Waals surface area contributed by atoms with Crippen LogP contribution in [0.1, 0.15) is 24.2 Å². The van der Waals surface area contributed by atoms with Crippen molar-refractivity contribution in [1.82, 2.24) is 10.2 Å². The van der Waals surface area contributed by atoms with Crippen molar-refractivity contribution in [2.75, 3.05) is 17.2 Å². The van der Waals surface area contributed by atoms with Crippen molar-refractivity contribution in [3.05, 3.63) is 41.6 Å². The number of fused-ring (bicyclic) bond motifs is 1. The summed E-state index contributed by atoms with van der Waals surface area (Å²) in [4.78, 5) is 11.3. The van der Waals surface area contributed by atoms with Gasteiger partial charge in [-0.15, -0.1) is 10.2 Å². The Labute approximate surface area is 135 Å². The lowest BCUT2D eigenvalue weighted by Gasteiger charge is -2.21. The lowest BCUT2D eigenvalue weighted by molar-refractivity contribution is -0.141. The lowest BCUT2D eigenvalue weighted by Crippen LogP contribution is -2.25. The van der Waals surface area contributed by atoms with Gasteiger partial charge in [-0.05, 0) is 36.8 Å². The van der Waals surface area contributed by atoms with Crippen molar-refractivity contribution in [2.24, 2.45) is 0 Å². The molecule has 6 nitrogen and oxygen atoms in total. The number of carbonyl (C=O) groups excluding carboxylic acids is 1. The second-order valence-electron chi connectivity index (χ2n) is 5.26. The molecule has 0 aliphatic carbocycles. The molecule has 1 unspecified atom stereocenters. The van der Waals surface area contributed by atoms with Gasteiger partial charge in [-0.25, -0.2) is 0 Å². The molecule has 0 bridgehead atoms. The van der Waals surface area contributed by atoms with Crippen LogP contribution in [0.15, 0.2) is 30.3 Å². The molecule has 1 aliphatic heterocycles. The van der Waals surface area contributed by atoms with Crippen molar-refractivity contribution >= 4 is 17.4 Å². The van der Waals surface area contributed by atoms with Gasteiger partial charge in [-0.2, -0.15) is 13.2 Å². The van der Waals surface area contributed by atoms with Crippen LogP contribution >= 0.6 is 0 Å². The molecule has 0 spiro atoms. The number of hydrogen-bond acceptors (Lipinski definition) is 5. The molecular weight excluding hydrogens is 325 g/mol. The highest BCUT2D eigenvalue weighted by molar-refractivity contribution is 5.95. The number of ether oxygens (including phenoxy) is 1. The summed E-state index contributed by atoms with van der Waals surface area (Å²) in [6, 6.07) is 7.08. The number of rotatable bonds is 3. The maximum atomic E-state index is 12.5. The average molecular weight is 338 g/mol. The number of amides is 1. The smallest absolute Gasteiger partial charge is 0.435 e. The summed E-state index contributed by atoms with van der Waals surface area (Å²) in [5, 5.41) is 12.4. The molecule has 9 heteroatoms. The first-order valence-corrected chi connectivity index (χ1v) is 7.07. The van der Waals surface area contributed by atoms with E-state index in [9.17, 15) is 18.0 Å². The normalized spacial score (nSPS) is 15.1.